The van der Waals surface area contributed by atoms with Crippen molar-refractivity contribution in [1.29, 1.82) is 0 Å². The maximum absolute atomic E-state index is 13.9. The van der Waals surface area contributed by atoms with Crippen molar-refractivity contribution < 1.29 is 8.78 Å². The fourth-order valence-electron chi connectivity index (χ4n) is 3.44. The van der Waals surface area contributed by atoms with E-state index in [0.29, 0.717) is 24.2 Å². The summed E-state index contributed by atoms with van der Waals surface area (Å²) in [5.41, 5.74) is 0.610. The number of nitrogens with one attached hydrogen (secondary N) is 1. The minimum atomic E-state index is -0.501. The lowest BCUT2D eigenvalue weighted by molar-refractivity contribution is 0.103. The molecule has 2 atom stereocenters. The number of benzene rings is 1. The maximum Gasteiger partial charge on any atom is 0.130 e. The predicted molar refractivity (Wildman–Crippen MR) is 80.0 cm³/mol. The Labute approximate surface area is 125 Å². The van der Waals surface area contributed by atoms with Crippen molar-refractivity contribution in [3.63, 3.8) is 0 Å². The van der Waals surface area contributed by atoms with E-state index < -0.39 is 11.6 Å². The number of nitrogens with zero attached hydrogens (tertiary/aromatic N) is 1. The third-order valence-corrected chi connectivity index (χ3v) is 4.73. The Morgan fingerprint density at radius 3 is 2.76 bits per heavy atom. The van der Waals surface area contributed by atoms with Crippen molar-refractivity contribution in [2.24, 2.45) is 5.92 Å². The molecule has 2 nitrogen and oxygen atoms in total. The Kier molecular flexibility index (Phi) is 4.55. The number of halogens is 2. The molecule has 116 valence electrons. The summed E-state index contributed by atoms with van der Waals surface area (Å²) in [5, 5.41) is 3.64. The summed E-state index contributed by atoms with van der Waals surface area (Å²) < 4.78 is 27.0. The third-order valence-electron chi connectivity index (χ3n) is 4.73. The SMILES string of the molecule is CCCC1CN(Cc2ccc(F)cc2F)C(C2CC2)CN1. The highest BCUT2D eigenvalue weighted by Crippen LogP contribution is 2.37. The molecule has 1 aromatic rings. The molecule has 1 N–H and O–H groups in total. The molecule has 0 radical (unpaired) electrons. The molecule has 21 heavy (non-hydrogen) atoms. The van der Waals surface area contributed by atoms with Crippen molar-refractivity contribution in [3.8, 4) is 0 Å². The molecule has 0 spiro atoms. The smallest absolute Gasteiger partial charge is 0.130 e. The molecule has 1 aromatic carbocycles. The maximum atomic E-state index is 13.9. The van der Waals surface area contributed by atoms with Gasteiger partial charge in [-0.2, -0.15) is 0 Å². The van der Waals surface area contributed by atoms with Gasteiger partial charge in [-0.15, -0.1) is 0 Å². The minimum absolute atomic E-state index is 0.421. The number of hydrogen-bond acceptors (Lipinski definition) is 2. The summed E-state index contributed by atoms with van der Waals surface area (Å²) in [4.78, 5) is 2.41. The van der Waals surface area contributed by atoms with Gasteiger partial charge in [0.1, 0.15) is 11.6 Å². The molecule has 1 aliphatic carbocycles. The van der Waals surface area contributed by atoms with E-state index in [9.17, 15) is 8.78 Å². The first-order valence-electron chi connectivity index (χ1n) is 8.08. The highest BCUT2D eigenvalue weighted by Gasteiger charge is 2.38. The summed E-state index contributed by atoms with van der Waals surface area (Å²) in [6.45, 7) is 4.75. The standard InChI is InChI=1S/C17H24F2N2/c1-2-3-15-11-21(17(9-20-15)12-4-5-12)10-13-6-7-14(18)8-16(13)19/h6-8,12,15,17,20H,2-5,9-11H2,1H3. The zero-order chi connectivity index (χ0) is 14.8. The van der Waals surface area contributed by atoms with E-state index in [1.807, 2.05) is 0 Å². The molecule has 3 rings (SSSR count). The molecule has 2 unspecified atom stereocenters. The summed E-state index contributed by atoms with van der Waals surface area (Å²) in [7, 11) is 0. The van der Waals surface area contributed by atoms with Gasteiger partial charge in [-0.05, 0) is 31.2 Å². The Bertz CT molecular complexity index is 488. The molecule has 0 bridgehead atoms. The summed E-state index contributed by atoms with van der Waals surface area (Å²) in [5.74, 6) is -0.169. The van der Waals surface area contributed by atoms with Gasteiger partial charge in [0.15, 0.2) is 0 Å². The van der Waals surface area contributed by atoms with Crippen molar-refractivity contribution in [3.05, 3.63) is 35.4 Å². The largest absolute Gasteiger partial charge is 0.311 e. The average Bonchev–Trinajstić information content (AvgIpc) is 3.27. The fraction of sp³-hybridized carbons (Fsp3) is 0.647. The molecule has 0 aromatic heterocycles. The second-order valence-corrected chi connectivity index (χ2v) is 6.46. The molecular weight excluding hydrogens is 270 g/mol. The lowest BCUT2D eigenvalue weighted by Gasteiger charge is -2.41. The van der Waals surface area contributed by atoms with Crippen molar-refractivity contribution >= 4 is 0 Å². The van der Waals surface area contributed by atoms with Gasteiger partial charge in [-0.1, -0.05) is 19.4 Å². The molecule has 1 heterocycles. The summed E-state index contributed by atoms with van der Waals surface area (Å²) in [6, 6.07) is 4.94. The molecule has 1 saturated carbocycles. The summed E-state index contributed by atoms with van der Waals surface area (Å²) >= 11 is 0. The number of piperazine rings is 1. The molecule has 2 fully saturated rings. The Morgan fingerprint density at radius 2 is 2.10 bits per heavy atom. The van der Waals surface area contributed by atoms with E-state index in [0.717, 1.165) is 37.9 Å². The molecule has 1 aliphatic heterocycles. The molecule has 4 heteroatoms. The van der Waals surface area contributed by atoms with Crippen LogP contribution in [0.5, 0.6) is 0 Å². The van der Waals surface area contributed by atoms with Crippen molar-refractivity contribution in [2.75, 3.05) is 13.1 Å². The van der Waals surface area contributed by atoms with Gasteiger partial charge in [-0.3, -0.25) is 4.90 Å². The monoisotopic (exact) mass is 294 g/mol. The van der Waals surface area contributed by atoms with E-state index in [1.165, 1.54) is 18.9 Å². The van der Waals surface area contributed by atoms with Crippen LogP contribution in [0.1, 0.15) is 38.2 Å². The van der Waals surface area contributed by atoms with Crippen LogP contribution in [0.25, 0.3) is 0 Å². The van der Waals surface area contributed by atoms with E-state index >= 15 is 0 Å². The van der Waals surface area contributed by atoms with Crippen LogP contribution in [0.4, 0.5) is 8.78 Å². The average molecular weight is 294 g/mol. The predicted octanol–water partition coefficient (Wildman–Crippen LogP) is 3.32. The number of rotatable bonds is 5. The second-order valence-electron chi connectivity index (χ2n) is 6.46. The van der Waals surface area contributed by atoms with E-state index in [2.05, 4.69) is 17.1 Å². The lowest BCUT2D eigenvalue weighted by atomic mass is 10.0. The molecule has 1 saturated heterocycles. The highest BCUT2D eigenvalue weighted by molar-refractivity contribution is 5.19. The van der Waals surface area contributed by atoms with Crippen molar-refractivity contribution in [1.82, 2.24) is 10.2 Å². The van der Waals surface area contributed by atoms with E-state index in [1.54, 1.807) is 6.07 Å². The summed E-state index contributed by atoms with van der Waals surface area (Å²) in [6.07, 6.45) is 4.88. The van der Waals surface area contributed by atoms with Crippen LogP contribution < -0.4 is 5.32 Å². The Hall–Kier alpha value is -1.00. The Morgan fingerprint density at radius 1 is 1.29 bits per heavy atom. The lowest BCUT2D eigenvalue weighted by Crippen LogP contribution is -2.56. The van der Waals surface area contributed by atoms with Gasteiger partial charge in [0.05, 0.1) is 0 Å². The van der Waals surface area contributed by atoms with Crippen LogP contribution in [-0.4, -0.2) is 30.1 Å². The van der Waals surface area contributed by atoms with Crippen LogP contribution in [0.15, 0.2) is 18.2 Å². The fourth-order valence-corrected chi connectivity index (χ4v) is 3.44. The van der Waals surface area contributed by atoms with E-state index in [4.69, 9.17) is 0 Å². The van der Waals surface area contributed by atoms with Gasteiger partial charge < -0.3 is 5.32 Å². The van der Waals surface area contributed by atoms with Crippen molar-refractivity contribution in [2.45, 2.75) is 51.2 Å². The van der Waals surface area contributed by atoms with Gasteiger partial charge in [-0.25, -0.2) is 8.78 Å². The number of hydrogen-bond donors (Lipinski definition) is 1. The van der Waals surface area contributed by atoms with Crippen LogP contribution >= 0.6 is 0 Å². The quantitative estimate of drug-likeness (QED) is 0.896. The van der Waals surface area contributed by atoms with Crippen LogP contribution in [-0.2, 0) is 6.54 Å². The second kappa shape index (κ2) is 6.41. The van der Waals surface area contributed by atoms with Crippen LogP contribution in [0.2, 0.25) is 0 Å². The van der Waals surface area contributed by atoms with Gasteiger partial charge in [0, 0.05) is 43.3 Å². The first-order valence-corrected chi connectivity index (χ1v) is 8.08. The zero-order valence-corrected chi connectivity index (χ0v) is 12.6. The van der Waals surface area contributed by atoms with Crippen LogP contribution in [0.3, 0.4) is 0 Å². The highest BCUT2D eigenvalue weighted by atomic mass is 19.1. The first-order chi connectivity index (χ1) is 10.2. The topological polar surface area (TPSA) is 15.3 Å². The van der Waals surface area contributed by atoms with Gasteiger partial charge >= 0.3 is 0 Å². The normalized spacial score (nSPS) is 27.0. The first kappa shape index (κ1) is 14.9. The zero-order valence-electron chi connectivity index (χ0n) is 12.6. The third kappa shape index (κ3) is 3.61. The molecule has 0 amide bonds. The van der Waals surface area contributed by atoms with Crippen LogP contribution in [0, 0.1) is 17.6 Å². The molecule has 2 aliphatic rings. The molecular formula is C17H24F2N2. The Balaban J connectivity index is 1.72. The van der Waals surface area contributed by atoms with Gasteiger partial charge in [0.25, 0.3) is 0 Å². The van der Waals surface area contributed by atoms with E-state index in [-0.39, 0.29) is 0 Å². The minimum Gasteiger partial charge on any atom is -0.311 e. The van der Waals surface area contributed by atoms with Gasteiger partial charge in [0.2, 0.25) is 0 Å².